The molecule has 0 aliphatic carbocycles. The van der Waals surface area contributed by atoms with E-state index in [1.54, 1.807) is 11.0 Å². The van der Waals surface area contributed by atoms with E-state index in [1.807, 2.05) is 0 Å². The van der Waals surface area contributed by atoms with Gasteiger partial charge in [-0.1, -0.05) is 6.07 Å². The van der Waals surface area contributed by atoms with E-state index in [4.69, 9.17) is 14.2 Å². The number of hydrogen-bond donors (Lipinski definition) is 0. The maximum atomic E-state index is 13.6. The number of hydrogen-bond acceptors (Lipinski definition) is 6. The Hall–Kier alpha value is -2.94. The van der Waals surface area contributed by atoms with E-state index >= 15 is 0 Å². The topological polar surface area (TPSA) is 85.4 Å². The van der Waals surface area contributed by atoms with E-state index in [9.17, 15) is 18.8 Å². The fraction of sp³-hybridized carbons (Fsp3) is 0.421. The molecule has 0 saturated carbocycles. The lowest BCUT2D eigenvalue weighted by molar-refractivity contribution is -0.149. The summed E-state index contributed by atoms with van der Waals surface area (Å²) in [4.78, 5) is 38.7. The number of methoxy groups -OCH3 is 1. The van der Waals surface area contributed by atoms with E-state index in [1.165, 1.54) is 37.3 Å². The summed E-state index contributed by atoms with van der Waals surface area (Å²) in [6, 6.07) is 4.21. The first-order chi connectivity index (χ1) is 13.4. The molecule has 1 aromatic rings. The number of morpholine rings is 1. The number of esters is 1. The van der Waals surface area contributed by atoms with Crippen LogP contribution in [0.25, 0.3) is 6.08 Å². The van der Waals surface area contributed by atoms with Gasteiger partial charge in [0.05, 0.1) is 26.9 Å². The minimum absolute atomic E-state index is 0.0972. The standard InChI is InChI=1S/C19H23FN2O6/c1-21(12-17(23)22-7-9-27-10-8-22)18(24)13-28-19(25)6-4-14-3-5-16(26-2)15(20)11-14/h3-6,11H,7-10,12-13H2,1-2H3/b6-4+. The fourth-order valence-corrected chi connectivity index (χ4v) is 2.45. The van der Waals surface area contributed by atoms with Crippen LogP contribution in [0, 0.1) is 5.82 Å². The van der Waals surface area contributed by atoms with Gasteiger partial charge in [-0.25, -0.2) is 9.18 Å². The minimum Gasteiger partial charge on any atom is -0.494 e. The van der Waals surface area contributed by atoms with Crippen LogP contribution < -0.4 is 4.74 Å². The third-order valence-electron chi connectivity index (χ3n) is 4.09. The van der Waals surface area contributed by atoms with Crippen LogP contribution in [0.15, 0.2) is 24.3 Å². The smallest absolute Gasteiger partial charge is 0.331 e. The Morgan fingerprint density at radius 1 is 1.29 bits per heavy atom. The molecule has 1 heterocycles. The van der Waals surface area contributed by atoms with Crippen molar-refractivity contribution in [3.05, 3.63) is 35.7 Å². The Kier molecular flexibility index (Phi) is 7.94. The van der Waals surface area contributed by atoms with E-state index < -0.39 is 24.3 Å². The number of likely N-dealkylation sites (N-methyl/N-ethyl adjacent to an activating group) is 1. The summed E-state index contributed by atoms with van der Waals surface area (Å²) in [5, 5.41) is 0. The summed E-state index contributed by atoms with van der Waals surface area (Å²) in [7, 11) is 2.82. The fourth-order valence-electron chi connectivity index (χ4n) is 2.45. The Labute approximate surface area is 162 Å². The van der Waals surface area contributed by atoms with Crippen molar-refractivity contribution in [2.45, 2.75) is 0 Å². The number of ether oxygens (including phenoxy) is 3. The van der Waals surface area contributed by atoms with E-state index in [0.717, 1.165) is 6.08 Å². The molecule has 8 nitrogen and oxygen atoms in total. The molecule has 0 aromatic heterocycles. The van der Waals surface area contributed by atoms with Crippen molar-refractivity contribution < 1.29 is 33.0 Å². The van der Waals surface area contributed by atoms with E-state index in [-0.39, 0.29) is 18.2 Å². The highest BCUT2D eigenvalue weighted by Crippen LogP contribution is 2.18. The molecule has 0 radical (unpaired) electrons. The van der Waals surface area contributed by atoms with Crippen molar-refractivity contribution in [1.29, 1.82) is 0 Å². The van der Waals surface area contributed by atoms with Gasteiger partial charge in [0, 0.05) is 26.2 Å². The summed E-state index contributed by atoms with van der Waals surface area (Å²) in [5.74, 6) is -1.90. The Balaban J connectivity index is 1.77. The summed E-state index contributed by atoms with van der Waals surface area (Å²) in [6.45, 7) is 1.35. The zero-order valence-corrected chi connectivity index (χ0v) is 15.9. The molecule has 9 heteroatoms. The number of nitrogens with zero attached hydrogens (tertiary/aromatic N) is 2. The third-order valence-corrected chi connectivity index (χ3v) is 4.09. The molecule has 0 unspecified atom stereocenters. The van der Waals surface area contributed by atoms with Gasteiger partial charge in [-0.15, -0.1) is 0 Å². The number of benzene rings is 1. The summed E-state index contributed by atoms with van der Waals surface area (Å²) >= 11 is 0. The zero-order chi connectivity index (χ0) is 20.5. The summed E-state index contributed by atoms with van der Waals surface area (Å²) in [5.41, 5.74) is 0.440. The molecule has 1 fully saturated rings. The zero-order valence-electron chi connectivity index (χ0n) is 15.9. The number of rotatable bonds is 7. The van der Waals surface area contributed by atoms with E-state index in [0.29, 0.717) is 31.9 Å². The van der Waals surface area contributed by atoms with Crippen LogP contribution in [0.4, 0.5) is 4.39 Å². The number of carbonyl (C=O) groups is 3. The van der Waals surface area contributed by atoms with Crippen molar-refractivity contribution in [2.24, 2.45) is 0 Å². The molecule has 2 amide bonds. The van der Waals surface area contributed by atoms with Gasteiger partial charge in [-0.2, -0.15) is 0 Å². The number of carbonyl (C=O) groups excluding carboxylic acids is 3. The van der Waals surface area contributed by atoms with Crippen molar-refractivity contribution in [3.63, 3.8) is 0 Å². The van der Waals surface area contributed by atoms with Gasteiger partial charge in [-0.05, 0) is 23.8 Å². The SMILES string of the molecule is COc1ccc(/C=C/C(=O)OCC(=O)N(C)CC(=O)N2CCOCC2)cc1F. The molecule has 0 bridgehead atoms. The predicted octanol–water partition coefficient (Wildman–Crippen LogP) is 0.708. The molecule has 1 aliphatic rings. The van der Waals surface area contributed by atoms with Crippen LogP contribution in [0.3, 0.4) is 0 Å². The molecule has 2 rings (SSSR count). The second-order valence-electron chi connectivity index (χ2n) is 6.08. The lowest BCUT2D eigenvalue weighted by Crippen LogP contribution is -2.46. The van der Waals surface area contributed by atoms with Crippen LogP contribution in [0.1, 0.15) is 5.56 Å². The Bertz CT molecular complexity index is 746. The average molecular weight is 394 g/mol. The van der Waals surface area contributed by atoms with Crippen molar-refractivity contribution in [2.75, 3.05) is 53.6 Å². The molecule has 28 heavy (non-hydrogen) atoms. The second-order valence-corrected chi connectivity index (χ2v) is 6.08. The maximum Gasteiger partial charge on any atom is 0.331 e. The molecule has 0 spiro atoms. The van der Waals surface area contributed by atoms with Gasteiger partial charge in [0.1, 0.15) is 0 Å². The highest BCUT2D eigenvalue weighted by Gasteiger charge is 2.20. The van der Waals surface area contributed by atoms with Crippen molar-refractivity contribution >= 4 is 23.9 Å². The van der Waals surface area contributed by atoms with E-state index in [2.05, 4.69) is 0 Å². The van der Waals surface area contributed by atoms with Crippen molar-refractivity contribution in [1.82, 2.24) is 9.80 Å². The van der Waals surface area contributed by atoms with Crippen LogP contribution in [-0.4, -0.2) is 81.2 Å². The number of amides is 2. The molecule has 1 aliphatic heterocycles. The first-order valence-corrected chi connectivity index (χ1v) is 8.68. The normalized spacial score (nSPS) is 14.0. The van der Waals surface area contributed by atoms with Gasteiger partial charge >= 0.3 is 5.97 Å². The van der Waals surface area contributed by atoms with Gasteiger partial charge in [0.2, 0.25) is 5.91 Å². The monoisotopic (exact) mass is 394 g/mol. The van der Waals surface area contributed by atoms with Crippen molar-refractivity contribution in [3.8, 4) is 5.75 Å². The summed E-state index contributed by atoms with van der Waals surface area (Å²) < 4.78 is 28.4. The lowest BCUT2D eigenvalue weighted by Gasteiger charge is -2.28. The first-order valence-electron chi connectivity index (χ1n) is 8.68. The second kappa shape index (κ2) is 10.4. The van der Waals surface area contributed by atoms with Gasteiger partial charge in [0.25, 0.3) is 5.91 Å². The molecule has 152 valence electrons. The third kappa shape index (κ3) is 6.34. The molecular weight excluding hydrogens is 371 g/mol. The number of halogens is 1. The molecule has 0 N–H and O–H groups in total. The highest BCUT2D eigenvalue weighted by atomic mass is 19.1. The van der Waals surface area contributed by atoms with Crippen LogP contribution in [-0.2, 0) is 23.9 Å². The first kappa shape index (κ1) is 21.4. The van der Waals surface area contributed by atoms with Gasteiger partial charge in [0.15, 0.2) is 18.2 Å². The molecular formula is C19H23FN2O6. The van der Waals surface area contributed by atoms with Crippen LogP contribution in [0.5, 0.6) is 5.75 Å². The van der Waals surface area contributed by atoms with Gasteiger partial charge < -0.3 is 24.0 Å². The highest BCUT2D eigenvalue weighted by molar-refractivity contribution is 5.90. The quantitative estimate of drug-likeness (QED) is 0.500. The minimum atomic E-state index is -0.752. The largest absolute Gasteiger partial charge is 0.494 e. The molecule has 0 atom stereocenters. The lowest BCUT2D eigenvalue weighted by atomic mass is 10.2. The molecule has 1 aromatic carbocycles. The average Bonchev–Trinajstić information content (AvgIpc) is 2.71. The Morgan fingerprint density at radius 3 is 2.64 bits per heavy atom. The van der Waals surface area contributed by atoms with Crippen LogP contribution in [0.2, 0.25) is 0 Å². The predicted molar refractivity (Wildman–Crippen MR) is 98.0 cm³/mol. The summed E-state index contributed by atoms with van der Waals surface area (Å²) in [6.07, 6.45) is 2.45. The maximum absolute atomic E-state index is 13.6. The van der Waals surface area contributed by atoms with Crippen LogP contribution >= 0.6 is 0 Å². The van der Waals surface area contributed by atoms with Gasteiger partial charge in [-0.3, -0.25) is 9.59 Å². The molecule has 1 saturated heterocycles. The Morgan fingerprint density at radius 2 is 2.00 bits per heavy atom.